The van der Waals surface area contributed by atoms with Gasteiger partial charge in [0.1, 0.15) is 11.8 Å². The van der Waals surface area contributed by atoms with Crippen LogP contribution >= 0.6 is 0 Å². The second kappa shape index (κ2) is 6.42. The van der Waals surface area contributed by atoms with Crippen molar-refractivity contribution in [1.29, 1.82) is 5.26 Å². The summed E-state index contributed by atoms with van der Waals surface area (Å²) < 4.78 is 6.57. The minimum atomic E-state index is -0.0268. The number of pyridine rings is 1. The van der Waals surface area contributed by atoms with Crippen LogP contribution in [0.4, 0.5) is 0 Å². The third kappa shape index (κ3) is 3.06. The molecule has 0 bridgehead atoms. The summed E-state index contributed by atoms with van der Waals surface area (Å²) in [5.41, 5.74) is 2.50. The summed E-state index contributed by atoms with van der Waals surface area (Å²) in [6, 6.07) is 10.9. The molecule has 6 nitrogen and oxygen atoms in total. The zero-order chi connectivity index (χ0) is 17.1. The van der Waals surface area contributed by atoms with E-state index in [4.69, 9.17) is 4.74 Å². The topological polar surface area (TPSA) is 84.0 Å². The van der Waals surface area contributed by atoms with E-state index in [1.807, 2.05) is 26.0 Å². The Bertz CT molecular complexity index is 895. The summed E-state index contributed by atoms with van der Waals surface area (Å²) in [6.07, 6.45) is 4.82. The fourth-order valence-electron chi connectivity index (χ4n) is 2.34. The van der Waals surface area contributed by atoms with Gasteiger partial charge in [0.25, 0.3) is 0 Å². The van der Waals surface area contributed by atoms with Crippen LogP contribution in [0, 0.1) is 11.3 Å². The molecule has 0 aliphatic heterocycles. The Balaban J connectivity index is 2.01. The van der Waals surface area contributed by atoms with Crippen molar-refractivity contribution in [3.05, 3.63) is 54.5 Å². The van der Waals surface area contributed by atoms with Gasteiger partial charge in [-0.25, -0.2) is 4.98 Å². The summed E-state index contributed by atoms with van der Waals surface area (Å²) in [5.74, 6) is 0.871. The van der Waals surface area contributed by atoms with Gasteiger partial charge in [0.05, 0.1) is 23.6 Å². The molecule has 0 aliphatic rings. The minimum Gasteiger partial charge on any atom is -0.490 e. The molecule has 3 aromatic rings. The maximum absolute atomic E-state index is 10.1. The number of aromatic nitrogens is 3. The molecule has 24 heavy (non-hydrogen) atoms. The van der Waals surface area contributed by atoms with Gasteiger partial charge in [-0.1, -0.05) is 0 Å². The van der Waals surface area contributed by atoms with E-state index >= 15 is 0 Å². The fourth-order valence-corrected chi connectivity index (χ4v) is 2.34. The molecular formula is C18H16N4O2. The first kappa shape index (κ1) is 15.6. The van der Waals surface area contributed by atoms with Gasteiger partial charge in [0.2, 0.25) is 0 Å². The van der Waals surface area contributed by atoms with Gasteiger partial charge in [-0.3, -0.25) is 4.98 Å². The molecule has 6 heteroatoms. The Kier molecular flexibility index (Phi) is 4.17. The molecule has 1 aromatic carbocycles. The van der Waals surface area contributed by atoms with Gasteiger partial charge in [-0.15, -0.1) is 0 Å². The Morgan fingerprint density at radius 2 is 1.92 bits per heavy atom. The second-order valence-electron chi connectivity index (χ2n) is 5.52. The lowest BCUT2D eigenvalue weighted by Gasteiger charge is -2.11. The van der Waals surface area contributed by atoms with E-state index in [9.17, 15) is 10.5 Å². The second-order valence-corrected chi connectivity index (χ2v) is 5.52. The van der Waals surface area contributed by atoms with Crippen molar-refractivity contribution in [2.75, 3.05) is 0 Å². The number of nitrogens with zero attached hydrogens (tertiary/aromatic N) is 4. The Hall–Kier alpha value is -3.33. The monoisotopic (exact) mass is 320 g/mol. The van der Waals surface area contributed by atoms with Crippen LogP contribution in [0.25, 0.3) is 22.6 Å². The first-order chi connectivity index (χ1) is 11.6. The molecular weight excluding hydrogens is 304 g/mol. The number of rotatable bonds is 4. The van der Waals surface area contributed by atoms with E-state index in [1.54, 1.807) is 30.6 Å². The highest BCUT2D eigenvalue weighted by molar-refractivity contribution is 5.66. The van der Waals surface area contributed by atoms with Crippen LogP contribution in [-0.4, -0.2) is 26.0 Å². The highest BCUT2D eigenvalue weighted by Crippen LogP contribution is 2.28. The minimum absolute atomic E-state index is 0.0268. The van der Waals surface area contributed by atoms with Gasteiger partial charge >= 0.3 is 0 Å². The lowest BCUT2D eigenvalue weighted by atomic mass is 10.1. The number of benzene rings is 1. The summed E-state index contributed by atoms with van der Waals surface area (Å²) in [7, 11) is 0. The van der Waals surface area contributed by atoms with Gasteiger partial charge in [0, 0.05) is 23.5 Å². The Labute approximate surface area is 139 Å². The van der Waals surface area contributed by atoms with Crippen LogP contribution in [0.15, 0.2) is 48.9 Å². The standard InChI is InChI=1S/C18H16N4O2/c1-12(2)24-17-4-3-14(9-15(17)10-19)18-21-16(11-22(18)23)13-5-7-20-8-6-13/h3-9,11-12,23H,1-2H3. The molecule has 1 N–H and O–H groups in total. The van der Waals surface area contributed by atoms with Crippen molar-refractivity contribution in [3.8, 4) is 34.5 Å². The van der Waals surface area contributed by atoms with Crippen LogP contribution in [0.2, 0.25) is 0 Å². The summed E-state index contributed by atoms with van der Waals surface area (Å²) in [4.78, 5) is 8.42. The number of hydrogen-bond donors (Lipinski definition) is 1. The van der Waals surface area contributed by atoms with E-state index in [1.165, 1.54) is 6.20 Å². The van der Waals surface area contributed by atoms with Crippen LogP contribution in [0.5, 0.6) is 5.75 Å². The van der Waals surface area contributed by atoms with E-state index in [2.05, 4.69) is 16.0 Å². The Morgan fingerprint density at radius 1 is 1.17 bits per heavy atom. The normalized spacial score (nSPS) is 10.6. The van der Waals surface area contributed by atoms with Gasteiger partial charge < -0.3 is 9.94 Å². The predicted octanol–water partition coefficient (Wildman–Crippen LogP) is 3.51. The number of ether oxygens (including phenoxy) is 1. The van der Waals surface area contributed by atoms with Crippen LogP contribution < -0.4 is 4.74 Å². The highest BCUT2D eigenvalue weighted by Gasteiger charge is 2.14. The molecule has 0 unspecified atom stereocenters. The largest absolute Gasteiger partial charge is 0.490 e. The Morgan fingerprint density at radius 3 is 2.58 bits per heavy atom. The molecule has 0 saturated heterocycles. The third-order valence-electron chi connectivity index (χ3n) is 3.38. The molecule has 3 rings (SSSR count). The summed E-state index contributed by atoms with van der Waals surface area (Å²) in [6.45, 7) is 3.80. The molecule has 0 atom stereocenters. The molecule has 0 amide bonds. The quantitative estimate of drug-likeness (QED) is 0.744. The maximum Gasteiger partial charge on any atom is 0.175 e. The van der Waals surface area contributed by atoms with Crippen LogP contribution in [-0.2, 0) is 0 Å². The molecule has 120 valence electrons. The first-order valence-corrected chi connectivity index (χ1v) is 7.48. The predicted molar refractivity (Wildman–Crippen MR) is 88.6 cm³/mol. The van der Waals surface area contributed by atoms with Crippen molar-refractivity contribution < 1.29 is 9.94 Å². The van der Waals surface area contributed by atoms with Crippen molar-refractivity contribution in [2.24, 2.45) is 0 Å². The fraction of sp³-hybridized carbons (Fsp3) is 0.167. The number of hydrogen-bond acceptors (Lipinski definition) is 5. The van der Waals surface area contributed by atoms with Crippen molar-refractivity contribution >= 4 is 0 Å². The zero-order valence-corrected chi connectivity index (χ0v) is 13.3. The molecule has 0 saturated carbocycles. The number of imidazole rings is 1. The third-order valence-corrected chi connectivity index (χ3v) is 3.38. The smallest absolute Gasteiger partial charge is 0.175 e. The van der Waals surface area contributed by atoms with Crippen molar-refractivity contribution in [2.45, 2.75) is 20.0 Å². The summed E-state index contributed by atoms with van der Waals surface area (Å²) >= 11 is 0. The SMILES string of the molecule is CC(C)Oc1ccc(-c2nc(-c3ccncc3)cn2O)cc1C#N. The molecule has 0 radical (unpaired) electrons. The van der Waals surface area contributed by atoms with Crippen molar-refractivity contribution in [1.82, 2.24) is 14.7 Å². The maximum atomic E-state index is 10.1. The van der Waals surface area contributed by atoms with E-state index in [0.717, 1.165) is 10.3 Å². The highest BCUT2D eigenvalue weighted by atomic mass is 16.5. The molecule has 0 aliphatic carbocycles. The van der Waals surface area contributed by atoms with E-state index in [-0.39, 0.29) is 6.10 Å². The van der Waals surface area contributed by atoms with E-state index in [0.29, 0.717) is 28.4 Å². The van der Waals surface area contributed by atoms with E-state index < -0.39 is 0 Å². The summed E-state index contributed by atoms with van der Waals surface area (Å²) in [5, 5.41) is 19.5. The van der Waals surface area contributed by atoms with Crippen LogP contribution in [0.3, 0.4) is 0 Å². The van der Waals surface area contributed by atoms with Gasteiger partial charge in [-0.2, -0.15) is 9.99 Å². The lowest BCUT2D eigenvalue weighted by Crippen LogP contribution is -2.07. The van der Waals surface area contributed by atoms with Gasteiger partial charge in [0.15, 0.2) is 5.82 Å². The van der Waals surface area contributed by atoms with Crippen LogP contribution in [0.1, 0.15) is 19.4 Å². The van der Waals surface area contributed by atoms with Crippen molar-refractivity contribution in [3.63, 3.8) is 0 Å². The zero-order valence-electron chi connectivity index (χ0n) is 13.3. The van der Waals surface area contributed by atoms with Gasteiger partial charge in [-0.05, 0) is 44.2 Å². The molecule has 0 spiro atoms. The molecule has 2 aromatic heterocycles. The number of nitriles is 1. The first-order valence-electron chi connectivity index (χ1n) is 7.48. The average Bonchev–Trinajstić information content (AvgIpc) is 2.97. The molecule has 2 heterocycles. The average molecular weight is 320 g/mol. The lowest BCUT2D eigenvalue weighted by molar-refractivity contribution is 0.191. The molecule has 0 fully saturated rings.